The number of alkyl halides is 1. The van der Waals surface area contributed by atoms with E-state index in [4.69, 9.17) is 34.8 Å². The molecule has 0 fully saturated rings. The summed E-state index contributed by atoms with van der Waals surface area (Å²) in [5.41, 5.74) is 6.00. The lowest BCUT2D eigenvalue weighted by Crippen LogP contribution is -2.37. The van der Waals surface area contributed by atoms with Gasteiger partial charge in [-0.1, -0.05) is 35.3 Å². The Morgan fingerprint density at radius 2 is 2.00 bits per heavy atom. The molecule has 30 heavy (non-hydrogen) atoms. The SMILES string of the molecule is Cc1cc2c(cc1-c1nc(CCl)cs1)C1C=C(c3ccc(Cl)cc3Cl)C(=O)NC1=N2. The molecule has 5 rings (SSSR count). The van der Waals surface area contributed by atoms with E-state index in [1.54, 1.807) is 29.5 Å². The minimum Gasteiger partial charge on any atom is -0.309 e. The number of carbonyl (C=O) groups is 1. The minimum atomic E-state index is -0.231. The van der Waals surface area contributed by atoms with Crippen molar-refractivity contribution in [3.05, 3.63) is 74.2 Å². The number of halogens is 3. The molecule has 2 aromatic carbocycles. The van der Waals surface area contributed by atoms with Crippen molar-refractivity contribution in [2.75, 3.05) is 0 Å². The third-order valence-electron chi connectivity index (χ3n) is 5.20. The zero-order valence-electron chi connectivity index (χ0n) is 15.7. The number of carbonyl (C=O) groups excluding carboxylic acids is 1. The van der Waals surface area contributed by atoms with Crippen LogP contribution in [-0.4, -0.2) is 16.7 Å². The van der Waals surface area contributed by atoms with Crippen molar-refractivity contribution in [3.63, 3.8) is 0 Å². The third kappa shape index (κ3) is 3.26. The summed E-state index contributed by atoms with van der Waals surface area (Å²) in [6.45, 7) is 2.03. The lowest BCUT2D eigenvalue weighted by atomic mass is 9.89. The standard InChI is InChI=1S/C22H14Cl3N3OS/c1-10-4-19-15(6-14(10)22-26-12(8-23)9-30-22)16-7-17(21(29)28-20(16)27-19)13-3-2-11(24)5-18(13)25/h2-7,9,16H,8H2,1H3,(H,27,28,29). The number of hydrogen-bond acceptors (Lipinski definition) is 4. The van der Waals surface area contributed by atoms with Crippen LogP contribution in [0.15, 0.2) is 46.8 Å². The first-order valence-corrected chi connectivity index (χ1v) is 11.3. The number of nitrogens with one attached hydrogen (secondary N) is 1. The largest absolute Gasteiger partial charge is 0.309 e. The molecule has 2 aliphatic rings. The molecule has 0 aliphatic carbocycles. The van der Waals surface area contributed by atoms with Gasteiger partial charge >= 0.3 is 0 Å². The Labute approximate surface area is 192 Å². The number of amides is 1. The summed E-state index contributed by atoms with van der Waals surface area (Å²) in [5, 5.41) is 6.78. The average molecular weight is 475 g/mol. The van der Waals surface area contributed by atoms with E-state index >= 15 is 0 Å². The Hall–Kier alpha value is -2.18. The predicted octanol–water partition coefficient (Wildman–Crippen LogP) is 6.50. The van der Waals surface area contributed by atoms with Gasteiger partial charge in [0, 0.05) is 27.1 Å². The maximum atomic E-state index is 12.7. The molecule has 1 aromatic heterocycles. The van der Waals surface area contributed by atoms with Gasteiger partial charge in [-0.25, -0.2) is 9.98 Å². The number of hydrogen-bond donors (Lipinski definition) is 1. The maximum absolute atomic E-state index is 12.7. The molecule has 0 bridgehead atoms. The van der Waals surface area contributed by atoms with Gasteiger partial charge in [0.2, 0.25) is 0 Å². The summed E-state index contributed by atoms with van der Waals surface area (Å²) < 4.78 is 0. The lowest BCUT2D eigenvalue weighted by molar-refractivity contribution is -0.114. The van der Waals surface area contributed by atoms with Crippen LogP contribution < -0.4 is 5.32 Å². The number of aliphatic imine (C=N–C) groups is 1. The molecule has 3 heterocycles. The van der Waals surface area contributed by atoms with E-state index in [2.05, 4.69) is 21.4 Å². The summed E-state index contributed by atoms with van der Waals surface area (Å²) in [5.74, 6) is 0.619. The highest BCUT2D eigenvalue weighted by atomic mass is 35.5. The van der Waals surface area contributed by atoms with Crippen LogP contribution in [0.2, 0.25) is 10.0 Å². The highest BCUT2D eigenvalue weighted by molar-refractivity contribution is 7.13. The monoisotopic (exact) mass is 473 g/mol. The van der Waals surface area contributed by atoms with Gasteiger partial charge in [0.1, 0.15) is 10.8 Å². The molecule has 0 saturated carbocycles. The molecule has 3 aromatic rings. The van der Waals surface area contributed by atoms with Crippen molar-refractivity contribution >= 4 is 69.1 Å². The van der Waals surface area contributed by atoms with E-state index in [0.717, 1.165) is 33.1 Å². The molecule has 0 spiro atoms. The van der Waals surface area contributed by atoms with Gasteiger partial charge < -0.3 is 5.32 Å². The Balaban J connectivity index is 1.61. The van der Waals surface area contributed by atoms with E-state index in [9.17, 15) is 4.79 Å². The summed E-state index contributed by atoms with van der Waals surface area (Å²) in [6.07, 6.45) is 1.92. The smallest absolute Gasteiger partial charge is 0.256 e. The van der Waals surface area contributed by atoms with E-state index < -0.39 is 0 Å². The maximum Gasteiger partial charge on any atom is 0.256 e. The molecule has 8 heteroatoms. The number of rotatable bonds is 3. The predicted molar refractivity (Wildman–Crippen MR) is 124 cm³/mol. The second kappa shape index (κ2) is 7.50. The van der Waals surface area contributed by atoms with E-state index in [1.165, 1.54) is 0 Å². The molecule has 0 radical (unpaired) electrons. The molecule has 1 amide bonds. The van der Waals surface area contributed by atoms with E-state index in [-0.39, 0.29) is 11.8 Å². The summed E-state index contributed by atoms with van der Waals surface area (Å²) in [6, 6.07) is 9.26. The number of aromatic nitrogens is 1. The fourth-order valence-electron chi connectivity index (χ4n) is 3.74. The number of fused-ring (bicyclic) bond motifs is 3. The number of benzene rings is 2. The quantitative estimate of drug-likeness (QED) is 0.440. The highest BCUT2D eigenvalue weighted by Crippen LogP contribution is 2.43. The Bertz CT molecular complexity index is 1280. The molecule has 1 unspecified atom stereocenters. The number of amidine groups is 1. The van der Waals surface area contributed by atoms with Crippen LogP contribution in [0, 0.1) is 6.92 Å². The van der Waals surface area contributed by atoms with E-state index in [0.29, 0.717) is 32.9 Å². The number of aryl methyl sites for hydroxylation is 1. The molecule has 1 atom stereocenters. The summed E-state index contributed by atoms with van der Waals surface area (Å²) in [7, 11) is 0. The molecule has 4 nitrogen and oxygen atoms in total. The van der Waals surface area contributed by atoms with Crippen LogP contribution in [-0.2, 0) is 10.7 Å². The Morgan fingerprint density at radius 1 is 1.17 bits per heavy atom. The lowest BCUT2D eigenvalue weighted by Gasteiger charge is -2.21. The van der Waals surface area contributed by atoms with Gasteiger partial charge in [-0.2, -0.15) is 0 Å². The van der Waals surface area contributed by atoms with Gasteiger partial charge in [-0.05, 0) is 42.3 Å². The van der Waals surface area contributed by atoms with Crippen LogP contribution in [0.3, 0.4) is 0 Å². The van der Waals surface area contributed by atoms with Crippen LogP contribution in [0.25, 0.3) is 16.1 Å². The molecule has 0 saturated heterocycles. The van der Waals surface area contributed by atoms with Crippen molar-refractivity contribution < 1.29 is 4.79 Å². The van der Waals surface area contributed by atoms with Crippen molar-refractivity contribution in [2.24, 2.45) is 4.99 Å². The summed E-state index contributed by atoms with van der Waals surface area (Å²) in [4.78, 5) is 22.0. The van der Waals surface area contributed by atoms with Crippen LogP contribution >= 0.6 is 46.1 Å². The molecule has 2 aliphatic heterocycles. The van der Waals surface area contributed by atoms with Crippen LogP contribution in [0.5, 0.6) is 0 Å². The molecule has 150 valence electrons. The zero-order valence-corrected chi connectivity index (χ0v) is 18.8. The van der Waals surface area contributed by atoms with Crippen molar-refractivity contribution in [1.29, 1.82) is 0 Å². The fourth-order valence-corrected chi connectivity index (χ4v) is 5.38. The second-order valence-electron chi connectivity index (χ2n) is 7.14. The Morgan fingerprint density at radius 3 is 2.73 bits per heavy atom. The second-order valence-corrected chi connectivity index (χ2v) is 9.11. The van der Waals surface area contributed by atoms with Gasteiger partial charge in [0.05, 0.1) is 28.2 Å². The van der Waals surface area contributed by atoms with Crippen LogP contribution in [0.4, 0.5) is 5.69 Å². The number of nitrogens with zero attached hydrogens (tertiary/aromatic N) is 2. The van der Waals surface area contributed by atoms with Gasteiger partial charge in [-0.15, -0.1) is 22.9 Å². The molecule has 1 N–H and O–H groups in total. The molecular formula is C22H14Cl3N3OS. The highest BCUT2D eigenvalue weighted by Gasteiger charge is 2.34. The average Bonchev–Trinajstić information content (AvgIpc) is 3.31. The first-order chi connectivity index (χ1) is 14.4. The summed E-state index contributed by atoms with van der Waals surface area (Å²) >= 11 is 19.9. The minimum absolute atomic E-state index is 0.161. The van der Waals surface area contributed by atoms with Gasteiger partial charge in [-0.3, -0.25) is 4.79 Å². The van der Waals surface area contributed by atoms with Crippen molar-refractivity contribution in [3.8, 4) is 10.6 Å². The fraction of sp³-hybridized carbons (Fsp3) is 0.136. The molecular weight excluding hydrogens is 461 g/mol. The first kappa shape index (κ1) is 19.8. The Kier molecular flexibility index (Phi) is 4.94. The number of thiazole rings is 1. The van der Waals surface area contributed by atoms with Crippen LogP contribution in [0.1, 0.15) is 28.3 Å². The normalized spacial score (nSPS) is 17.2. The van der Waals surface area contributed by atoms with Gasteiger partial charge in [0.25, 0.3) is 5.91 Å². The zero-order chi connectivity index (χ0) is 21.0. The van der Waals surface area contributed by atoms with Crippen molar-refractivity contribution in [1.82, 2.24) is 10.3 Å². The van der Waals surface area contributed by atoms with Gasteiger partial charge in [0.15, 0.2) is 0 Å². The topological polar surface area (TPSA) is 54.4 Å². The first-order valence-electron chi connectivity index (χ1n) is 9.17. The van der Waals surface area contributed by atoms with Crippen molar-refractivity contribution in [2.45, 2.75) is 18.7 Å². The van der Waals surface area contributed by atoms with E-state index in [1.807, 2.05) is 24.4 Å². The third-order valence-corrected chi connectivity index (χ3v) is 6.95.